The maximum absolute atomic E-state index is 12.1. The van der Waals surface area contributed by atoms with Crippen LogP contribution < -0.4 is 5.32 Å². The molecule has 6 nitrogen and oxygen atoms in total. The zero-order valence-corrected chi connectivity index (χ0v) is 25.4. The van der Waals surface area contributed by atoms with E-state index in [0.717, 1.165) is 46.5 Å². The van der Waals surface area contributed by atoms with Crippen LogP contribution in [0.2, 0.25) is 0 Å². The fourth-order valence-electron chi connectivity index (χ4n) is 4.98. The van der Waals surface area contributed by atoms with Gasteiger partial charge in [-0.15, -0.1) is 6.58 Å². The number of nitrogens with one attached hydrogen (secondary N) is 1. The van der Waals surface area contributed by atoms with E-state index < -0.39 is 16.0 Å². The number of likely N-dealkylation sites (N-methyl/N-ethyl adjacent to an activating group) is 1. The summed E-state index contributed by atoms with van der Waals surface area (Å²) in [4.78, 5) is 14.3. The van der Waals surface area contributed by atoms with Crippen LogP contribution in [-0.2, 0) is 27.4 Å². The molecule has 3 aromatic rings. The lowest BCUT2D eigenvalue weighted by Crippen LogP contribution is -2.43. The van der Waals surface area contributed by atoms with Gasteiger partial charge in [-0.05, 0) is 34.9 Å². The standard InChI is InChI=1S/C32H35Cl3N2O4/c1-4-17-37(3)19-28-21(2)29(24-11-9-22(20-38)10-12-24)41-30(40-28)25-15-13-23(14-16-25)27-8-6-5-7-26(27)18-36-31(39)32(33,34)35/h4-16,21,28-30,38H,1,17-20H2,2-3H3,(H,36,39)/t21-,28+,29+,30+/m0/s1. The van der Waals surface area contributed by atoms with Gasteiger partial charge < -0.3 is 24.8 Å². The molecule has 1 saturated heterocycles. The van der Waals surface area contributed by atoms with E-state index in [1.165, 1.54) is 0 Å². The minimum atomic E-state index is -2.02. The zero-order chi connectivity index (χ0) is 29.6. The van der Waals surface area contributed by atoms with E-state index in [1.807, 2.05) is 78.9 Å². The van der Waals surface area contributed by atoms with Crippen LogP contribution in [-0.4, -0.2) is 45.9 Å². The van der Waals surface area contributed by atoms with Crippen molar-refractivity contribution in [2.75, 3.05) is 20.1 Å². The molecule has 1 aliphatic rings. The Morgan fingerprint density at radius 1 is 1.02 bits per heavy atom. The molecule has 0 aromatic heterocycles. The summed E-state index contributed by atoms with van der Waals surface area (Å²) in [5.41, 5.74) is 5.61. The highest BCUT2D eigenvalue weighted by Gasteiger charge is 2.38. The molecule has 41 heavy (non-hydrogen) atoms. The Balaban J connectivity index is 1.57. The van der Waals surface area contributed by atoms with Crippen molar-refractivity contribution in [3.05, 3.63) is 108 Å². The van der Waals surface area contributed by atoms with Crippen LogP contribution in [0, 0.1) is 5.92 Å². The summed E-state index contributed by atoms with van der Waals surface area (Å²) < 4.78 is 11.1. The fraction of sp³-hybridized carbons (Fsp3) is 0.344. The predicted molar refractivity (Wildman–Crippen MR) is 165 cm³/mol. The van der Waals surface area contributed by atoms with Crippen molar-refractivity contribution in [1.82, 2.24) is 10.2 Å². The lowest BCUT2D eigenvalue weighted by atomic mass is 9.90. The first-order valence-electron chi connectivity index (χ1n) is 13.4. The molecule has 0 spiro atoms. The highest BCUT2D eigenvalue weighted by Crippen LogP contribution is 2.42. The second kappa shape index (κ2) is 14.2. The average Bonchev–Trinajstić information content (AvgIpc) is 2.97. The van der Waals surface area contributed by atoms with Crippen LogP contribution in [0.15, 0.2) is 85.5 Å². The number of aliphatic hydroxyl groups excluding tert-OH is 1. The van der Waals surface area contributed by atoms with Gasteiger partial charge in [0.05, 0.1) is 18.8 Å². The fourth-order valence-corrected chi connectivity index (χ4v) is 5.18. The highest BCUT2D eigenvalue weighted by atomic mass is 35.6. The number of hydrogen-bond donors (Lipinski definition) is 2. The first-order chi connectivity index (χ1) is 19.6. The highest BCUT2D eigenvalue weighted by molar-refractivity contribution is 6.76. The molecule has 218 valence electrons. The third kappa shape index (κ3) is 8.11. The summed E-state index contributed by atoms with van der Waals surface area (Å²) in [6.07, 6.45) is 1.05. The van der Waals surface area contributed by atoms with Gasteiger partial charge >= 0.3 is 0 Å². The van der Waals surface area contributed by atoms with Crippen molar-refractivity contribution in [3.63, 3.8) is 0 Å². The van der Waals surface area contributed by atoms with E-state index in [-0.39, 0.29) is 31.3 Å². The van der Waals surface area contributed by atoms with Gasteiger partial charge in [-0.25, -0.2) is 0 Å². The summed E-state index contributed by atoms with van der Waals surface area (Å²) >= 11 is 17.1. The van der Waals surface area contributed by atoms with Crippen molar-refractivity contribution in [3.8, 4) is 11.1 Å². The smallest absolute Gasteiger partial charge is 0.272 e. The maximum atomic E-state index is 12.1. The van der Waals surface area contributed by atoms with Crippen molar-refractivity contribution in [2.45, 2.75) is 42.4 Å². The van der Waals surface area contributed by atoms with E-state index in [9.17, 15) is 9.90 Å². The normalized spacial score (nSPS) is 21.0. The molecule has 0 saturated carbocycles. The van der Waals surface area contributed by atoms with Gasteiger partial charge in [0.1, 0.15) is 0 Å². The van der Waals surface area contributed by atoms with Gasteiger partial charge in [-0.1, -0.05) is 121 Å². The number of alkyl halides is 3. The number of hydrogen-bond acceptors (Lipinski definition) is 5. The quantitative estimate of drug-likeness (QED) is 0.195. The molecular weight excluding hydrogens is 583 g/mol. The molecule has 1 fully saturated rings. The molecule has 1 heterocycles. The number of carbonyl (C=O) groups is 1. The van der Waals surface area contributed by atoms with E-state index in [2.05, 4.69) is 30.8 Å². The molecule has 0 bridgehead atoms. The van der Waals surface area contributed by atoms with Gasteiger partial charge in [0.2, 0.25) is 0 Å². The van der Waals surface area contributed by atoms with Gasteiger partial charge in [-0.3, -0.25) is 4.79 Å². The molecular formula is C32H35Cl3N2O4. The Bertz CT molecular complexity index is 1310. The zero-order valence-electron chi connectivity index (χ0n) is 23.1. The Morgan fingerprint density at radius 2 is 1.68 bits per heavy atom. The first-order valence-corrected chi connectivity index (χ1v) is 14.6. The third-order valence-electron chi connectivity index (χ3n) is 7.26. The summed E-state index contributed by atoms with van der Waals surface area (Å²) in [5.74, 6) is -0.588. The Kier molecular flexibility index (Phi) is 10.9. The molecule has 0 aliphatic carbocycles. The van der Waals surface area contributed by atoms with Crippen molar-refractivity contribution >= 4 is 40.7 Å². The summed E-state index contributed by atoms with van der Waals surface area (Å²) in [5, 5.41) is 12.2. The van der Waals surface area contributed by atoms with E-state index >= 15 is 0 Å². The van der Waals surface area contributed by atoms with Gasteiger partial charge in [-0.2, -0.15) is 0 Å². The minimum Gasteiger partial charge on any atom is -0.392 e. The van der Waals surface area contributed by atoms with Crippen LogP contribution in [0.1, 0.15) is 41.6 Å². The van der Waals surface area contributed by atoms with Crippen molar-refractivity contribution < 1.29 is 19.4 Å². The van der Waals surface area contributed by atoms with E-state index in [0.29, 0.717) is 0 Å². The number of nitrogens with zero attached hydrogens (tertiary/aromatic N) is 1. The molecule has 3 aromatic carbocycles. The van der Waals surface area contributed by atoms with Crippen LogP contribution in [0.25, 0.3) is 11.1 Å². The summed E-state index contributed by atoms with van der Waals surface area (Å²) in [6, 6.07) is 23.7. The molecule has 4 atom stereocenters. The van der Waals surface area contributed by atoms with Gasteiger partial charge in [0.15, 0.2) is 6.29 Å². The van der Waals surface area contributed by atoms with Crippen LogP contribution in [0.5, 0.6) is 0 Å². The topological polar surface area (TPSA) is 71.0 Å². The van der Waals surface area contributed by atoms with E-state index in [1.54, 1.807) is 0 Å². The Morgan fingerprint density at radius 3 is 2.32 bits per heavy atom. The number of halogens is 3. The third-order valence-corrected chi connectivity index (χ3v) is 7.78. The first kappa shape index (κ1) is 31.5. The summed E-state index contributed by atoms with van der Waals surface area (Å²) in [7, 11) is 2.05. The molecule has 1 amide bonds. The van der Waals surface area contributed by atoms with Gasteiger partial charge in [0.25, 0.3) is 9.70 Å². The van der Waals surface area contributed by atoms with E-state index in [4.69, 9.17) is 44.3 Å². The Labute approximate surface area is 256 Å². The van der Waals surface area contributed by atoms with Crippen LogP contribution in [0.4, 0.5) is 0 Å². The monoisotopic (exact) mass is 616 g/mol. The number of ether oxygens (including phenoxy) is 2. The molecule has 4 rings (SSSR count). The number of rotatable bonds is 10. The maximum Gasteiger partial charge on any atom is 0.272 e. The SMILES string of the molecule is C=CCN(C)C[C@H]1O[C@@H](c2ccc(-c3ccccc3CNC(=O)C(Cl)(Cl)Cl)cc2)O[C@@H](c2ccc(CO)cc2)[C@H]1C. The molecule has 0 unspecified atom stereocenters. The lowest BCUT2D eigenvalue weighted by Gasteiger charge is -2.42. The minimum absolute atomic E-state index is 0.00316. The van der Waals surface area contributed by atoms with Gasteiger partial charge in [0, 0.05) is 31.1 Å². The largest absolute Gasteiger partial charge is 0.392 e. The number of amides is 1. The van der Waals surface area contributed by atoms with Crippen molar-refractivity contribution in [2.24, 2.45) is 5.92 Å². The van der Waals surface area contributed by atoms with Crippen LogP contribution in [0.3, 0.4) is 0 Å². The number of benzene rings is 3. The molecule has 9 heteroatoms. The molecule has 1 aliphatic heterocycles. The summed E-state index contributed by atoms with van der Waals surface area (Å²) in [6.45, 7) is 7.70. The predicted octanol–water partition coefficient (Wildman–Crippen LogP) is 6.74. The Hall–Kier alpha value is -2.42. The van der Waals surface area contributed by atoms with Crippen molar-refractivity contribution in [1.29, 1.82) is 0 Å². The second-order valence-corrected chi connectivity index (χ2v) is 12.6. The number of aliphatic hydroxyl groups is 1. The number of carbonyl (C=O) groups excluding carboxylic acids is 1. The lowest BCUT2D eigenvalue weighted by molar-refractivity contribution is -0.275. The second-order valence-electron chi connectivity index (χ2n) is 10.3. The molecule has 0 radical (unpaired) electrons. The molecule has 2 N–H and O–H groups in total. The van der Waals surface area contributed by atoms with Crippen LogP contribution >= 0.6 is 34.8 Å². The average molecular weight is 618 g/mol.